The molecule has 0 bridgehead atoms. The summed E-state index contributed by atoms with van der Waals surface area (Å²) in [6.07, 6.45) is 3.23. The number of carboxylic acid groups (broad SMARTS) is 1. The monoisotopic (exact) mass is 231 g/mol. The third kappa shape index (κ3) is 8.23. The molecule has 1 unspecified atom stereocenters. The number of unbranched alkanes of at least 4 members (excludes halogenated alkanes) is 3. The van der Waals surface area contributed by atoms with Crippen LogP contribution in [0.15, 0.2) is 0 Å². The fraction of sp³-hybridized carbons (Fsp3) is 0.818. The number of hydrogen-bond acceptors (Lipinski definition) is 3. The molecule has 0 aromatic rings. The van der Waals surface area contributed by atoms with Crippen LogP contribution in [-0.4, -0.2) is 36.7 Å². The van der Waals surface area contributed by atoms with E-state index in [-0.39, 0.29) is 12.3 Å². The molecule has 0 rings (SSSR count). The Hall–Kier alpha value is -1.10. The van der Waals surface area contributed by atoms with Gasteiger partial charge in [-0.05, 0) is 19.8 Å². The molecule has 94 valence electrons. The van der Waals surface area contributed by atoms with Gasteiger partial charge in [-0.1, -0.05) is 12.8 Å². The minimum atomic E-state index is -0.748. The molecule has 1 atom stereocenters. The quantitative estimate of drug-likeness (QED) is 0.584. The van der Waals surface area contributed by atoms with Gasteiger partial charge >= 0.3 is 5.97 Å². The van der Waals surface area contributed by atoms with Gasteiger partial charge in [0.2, 0.25) is 5.91 Å². The highest BCUT2D eigenvalue weighted by molar-refractivity contribution is 5.80. The number of rotatable bonds is 9. The van der Waals surface area contributed by atoms with E-state index in [0.29, 0.717) is 13.0 Å². The van der Waals surface area contributed by atoms with Gasteiger partial charge in [-0.15, -0.1) is 0 Å². The van der Waals surface area contributed by atoms with Gasteiger partial charge in [-0.3, -0.25) is 9.59 Å². The van der Waals surface area contributed by atoms with Crippen molar-refractivity contribution < 1.29 is 19.4 Å². The molecule has 16 heavy (non-hydrogen) atoms. The van der Waals surface area contributed by atoms with Crippen LogP contribution in [0.1, 0.15) is 39.0 Å². The Morgan fingerprint density at radius 2 is 1.88 bits per heavy atom. The largest absolute Gasteiger partial charge is 0.481 e. The van der Waals surface area contributed by atoms with Gasteiger partial charge in [-0.25, -0.2) is 0 Å². The maximum absolute atomic E-state index is 11.2. The van der Waals surface area contributed by atoms with Gasteiger partial charge in [-0.2, -0.15) is 0 Å². The average molecular weight is 231 g/mol. The second-order valence-electron chi connectivity index (χ2n) is 3.73. The average Bonchev–Trinajstić information content (AvgIpc) is 2.25. The van der Waals surface area contributed by atoms with E-state index in [1.54, 1.807) is 6.92 Å². The maximum atomic E-state index is 11.2. The van der Waals surface area contributed by atoms with Gasteiger partial charge in [0.05, 0.1) is 0 Å². The summed E-state index contributed by atoms with van der Waals surface area (Å²) in [6, 6.07) is 0. The van der Waals surface area contributed by atoms with E-state index in [1.807, 2.05) is 0 Å². The van der Waals surface area contributed by atoms with Crippen LogP contribution in [0.2, 0.25) is 0 Å². The number of methoxy groups -OCH3 is 1. The van der Waals surface area contributed by atoms with Gasteiger partial charge in [0.15, 0.2) is 0 Å². The number of aliphatic carboxylic acids is 1. The van der Waals surface area contributed by atoms with Crippen LogP contribution in [0.5, 0.6) is 0 Å². The molecule has 0 spiro atoms. The molecule has 0 radical (unpaired) electrons. The first kappa shape index (κ1) is 14.9. The van der Waals surface area contributed by atoms with Crippen LogP contribution >= 0.6 is 0 Å². The van der Waals surface area contributed by atoms with Crippen molar-refractivity contribution in [3.8, 4) is 0 Å². The first-order valence-electron chi connectivity index (χ1n) is 5.60. The molecule has 0 aromatic carbocycles. The van der Waals surface area contributed by atoms with Crippen LogP contribution in [0.25, 0.3) is 0 Å². The SMILES string of the molecule is COC(C)C(=O)NCCCCCCC(=O)O. The number of carbonyl (C=O) groups excluding carboxylic acids is 1. The first-order valence-corrected chi connectivity index (χ1v) is 5.60. The lowest BCUT2D eigenvalue weighted by molar-refractivity contribution is -0.137. The number of nitrogens with one attached hydrogen (secondary N) is 1. The summed E-state index contributed by atoms with van der Waals surface area (Å²) in [4.78, 5) is 21.5. The Kier molecular flexibility index (Phi) is 8.52. The standard InChI is InChI=1S/C11H21NO4/c1-9(16-2)11(15)12-8-6-4-3-5-7-10(13)14/h9H,3-8H2,1-2H3,(H,12,15)(H,13,14). The van der Waals surface area contributed by atoms with E-state index in [4.69, 9.17) is 9.84 Å². The first-order chi connectivity index (χ1) is 7.57. The predicted octanol–water partition coefficient (Wildman–Crippen LogP) is 1.17. The summed E-state index contributed by atoms with van der Waals surface area (Å²) in [7, 11) is 1.50. The summed E-state index contributed by atoms with van der Waals surface area (Å²) < 4.78 is 4.86. The second-order valence-corrected chi connectivity index (χ2v) is 3.73. The lowest BCUT2D eigenvalue weighted by atomic mass is 10.1. The Balaban J connectivity index is 3.27. The molecule has 1 amide bonds. The zero-order valence-electron chi connectivity index (χ0n) is 9.99. The summed E-state index contributed by atoms with van der Waals surface area (Å²) in [5.41, 5.74) is 0. The fourth-order valence-electron chi connectivity index (χ4n) is 1.22. The highest BCUT2D eigenvalue weighted by Gasteiger charge is 2.09. The van der Waals surface area contributed by atoms with Crippen molar-refractivity contribution >= 4 is 11.9 Å². The predicted molar refractivity (Wildman–Crippen MR) is 60.2 cm³/mol. The molecule has 2 N–H and O–H groups in total. The number of hydrogen-bond donors (Lipinski definition) is 2. The molecular weight excluding hydrogens is 210 g/mol. The third-order valence-electron chi connectivity index (χ3n) is 2.34. The van der Waals surface area contributed by atoms with Crippen molar-refractivity contribution in [3.05, 3.63) is 0 Å². The lowest BCUT2D eigenvalue weighted by Gasteiger charge is -2.09. The van der Waals surface area contributed by atoms with Crippen molar-refractivity contribution in [2.75, 3.05) is 13.7 Å². The van der Waals surface area contributed by atoms with E-state index >= 15 is 0 Å². The van der Waals surface area contributed by atoms with Crippen molar-refractivity contribution in [1.29, 1.82) is 0 Å². The smallest absolute Gasteiger partial charge is 0.303 e. The van der Waals surface area contributed by atoms with Gasteiger partial charge < -0.3 is 15.2 Å². The van der Waals surface area contributed by atoms with E-state index in [0.717, 1.165) is 19.3 Å². The van der Waals surface area contributed by atoms with Crippen LogP contribution < -0.4 is 5.32 Å². The fourth-order valence-corrected chi connectivity index (χ4v) is 1.22. The topological polar surface area (TPSA) is 75.6 Å². The highest BCUT2D eigenvalue weighted by Crippen LogP contribution is 2.02. The van der Waals surface area contributed by atoms with E-state index in [1.165, 1.54) is 7.11 Å². The zero-order valence-corrected chi connectivity index (χ0v) is 9.99. The Morgan fingerprint density at radius 1 is 1.25 bits per heavy atom. The molecular formula is C11H21NO4. The summed E-state index contributed by atoms with van der Waals surface area (Å²) in [6.45, 7) is 2.32. The molecule has 0 fully saturated rings. The lowest BCUT2D eigenvalue weighted by Crippen LogP contribution is -2.34. The van der Waals surface area contributed by atoms with Crippen LogP contribution in [-0.2, 0) is 14.3 Å². The van der Waals surface area contributed by atoms with Crippen LogP contribution in [0.3, 0.4) is 0 Å². The van der Waals surface area contributed by atoms with Crippen molar-refractivity contribution in [3.63, 3.8) is 0 Å². The van der Waals surface area contributed by atoms with Crippen LogP contribution in [0, 0.1) is 0 Å². The molecule has 0 aliphatic heterocycles. The van der Waals surface area contributed by atoms with Gasteiger partial charge in [0.1, 0.15) is 6.10 Å². The molecule has 0 saturated heterocycles. The number of amides is 1. The Labute approximate surface area is 96.2 Å². The summed E-state index contributed by atoms with van der Waals surface area (Å²) >= 11 is 0. The molecule has 0 aliphatic carbocycles. The summed E-state index contributed by atoms with van der Waals surface area (Å²) in [5.74, 6) is -0.852. The highest BCUT2D eigenvalue weighted by atomic mass is 16.5. The van der Waals surface area contributed by atoms with E-state index in [2.05, 4.69) is 5.32 Å². The van der Waals surface area contributed by atoms with Gasteiger partial charge in [0.25, 0.3) is 0 Å². The molecule has 0 aromatic heterocycles. The van der Waals surface area contributed by atoms with Crippen molar-refractivity contribution in [2.45, 2.75) is 45.1 Å². The molecule has 5 nitrogen and oxygen atoms in total. The zero-order chi connectivity index (χ0) is 12.4. The molecule has 0 heterocycles. The number of ether oxygens (including phenoxy) is 1. The number of carboxylic acids is 1. The molecule has 0 aliphatic rings. The van der Waals surface area contributed by atoms with Crippen molar-refractivity contribution in [2.24, 2.45) is 0 Å². The third-order valence-corrected chi connectivity index (χ3v) is 2.34. The van der Waals surface area contributed by atoms with Crippen LogP contribution in [0.4, 0.5) is 0 Å². The maximum Gasteiger partial charge on any atom is 0.303 e. The molecule has 5 heteroatoms. The van der Waals surface area contributed by atoms with Crippen molar-refractivity contribution in [1.82, 2.24) is 5.32 Å². The molecule has 0 saturated carbocycles. The summed E-state index contributed by atoms with van der Waals surface area (Å²) in [5, 5.41) is 11.2. The minimum Gasteiger partial charge on any atom is -0.481 e. The Morgan fingerprint density at radius 3 is 2.44 bits per heavy atom. The van der Waals surface area contributed by atoms with E-state index < -0.39 is 12.1 Å². The number of carbonyl (C=O) groups is 2. The second kappa shape index (κ2) is 9.15. The van der Waals surface area contributed by atoms with Gasteiger partial charge in [0, 0.05) is 20.1 Å². The normalized spacial score (nSPS) is 12.1. The minimum absolute atomic E-state index is 0.104. The van der Waals surface area contributed by atoms with E-state index in [9.17, 15) is 9.59 Å². The Bertz CT molecular complexity index is 218.